The van der Waals surface area contributed by atoms with Crippen LogP contribution in [0.4, 0.5) is 0 Å². The van der Waals surface area contributed by atoms with Crippen LogP contribution in [-0.2, 0) is 11.8 Å². The number of esters is 1. The van der Waals surface area contributed by atoms with Crippen LogP contribution in [0.1, 0.15) is 49.4 Å². The van der Waals surface area contributed by atoms with Gasteiger partial charge in [-0.15, -0.1) is 0 Å². The highest BCUT2D eigenvalue weighted by Crippen LogP contribution is 2.24. The number of hydrogen-bond donors (Lipinski definition) is 0. The second-order valence-electron chi connectivity index (χ2n) is 6.31. The summed E-state index contributed by atoms with van der Waals surface area (Å²) in [6.45, 7) is 5.18. The molecule has 0 bridgehead atoms. The highest BCUT2D eigenvalue weighted by molar-refractivity contribution is 6.07. The number of hydrogen-bond acceptors (Lipinski definition) is 4. The van der Waals surface area contributed by atoms with Crippen LogP contribution >= 0.6 is 0 Å². The average Bonchev–Trinajstić information content (AvgIpc) is 2.88. The van der Waals surface area contributed by atoms with Gasteiger partial charge in [-0.3, -0.25) is 9.59 Å². The van der Waals surface area contributed by atoms with Gasteiger partial charge < -0.3 is 14.2 Å². The van der Waals surface area contributed by atoms with E-state index < -0.39 is 12.0 Å². The molecule has 0 aliphatic rings. The Morgan fingerprint density at radius 3 is 2.23 bits per heavy atom. The molecule has 0 fully saturated rings. The molecule has 138 valence electrons. The topological polar surface area (TPSA) is 68.6 Å². The van der Waals surface area contributed by atoms with E-state index in [0.717, 1.165) is 0 Å². The second-order valence-corrected chi connectivity index (χ2v) is 6.31. The maximum Gasteiger partial charge on any atom is 0.354 e. The smallest absolute Gasteiger partial charge is 0.354 e. The molecule has 1 atom stereocenters. The van der Waals surface area contributed by atoms with Gasteiger partial charge in [0.05, 0.1) is 13.2 Å². The van der Waals surface area contributed by atoms with Crippen molar-refractivity contribution in [3.05, 3.63) is 58.4 Å². The minimum atomic E-state index is -0.673. The fourth-order valence-corrected chi connectivity index (χ4v) is 3.07. The van der Waals surface area contributed by atoms with E-state index in [4.69, 9.17) is 4.74 Å². The van der Waals surface area contributed by atoms with Crippen molar-refractivity contribution in [1.82, 2.24) is 9.47 Å². The van der Waals surface area contributed by atoms with Crippen LogP contribution in [0.25, 0.3) is 0 Å². The Hall–Kier alpha value is -2.89. The number of likely N-dealkylation sites (N-methyl/N-ethyl adjacent to an activating group) is 1. The van der Waals surface area contributed by atoms with E-state index in [1.807, 2.05) is 6.07 Å². The van der Waals surface area contributed by atoms with E-state index in [1.165, 1.54) is 12.0 Å². The van der Waals surface area contributed by atoms with Crippen molar-refractivity contribution in [2.75, 3.05) is 14.2 Å². The number of nitrogens with zero attached hydrogens (tertiary/aromatic N) is 2. The van der Waals surface area contributed by atoms with Crippen molar-refractivity contribution in [2.24, 2.45) is 7.05 Å². The Kier molecular flexibility index (Phi) is 5.65. The quantitative estimate of drug-likeness (QED) is 0.610. The molecule has 1 unspecified atom stereocenters. The Morgan fingerprint density at radius 2 is 1.69 bits per heavy atom. The highest BCUT2D eigenvalue weighted by atomic mass is 16.5. The van der Waals surface area contributed by atoms with Crippen LogP contribution < -0.4 is 0 Å². The van der Waals surface area contributed by atoms with Crippen molar-refractivity contribution in [1.29, 1.82) is 0 Å². The summed E-state index contributed by atoms with van der Waals surface area (Å²) in [7, 11) is 4.63. The van der Waals surface area contributed by atoms with Gasteiger partial charge in [0.15, 0.2) is 5.78 Å². The first-order valence-corrected chi connectivity index (χ1v) is 8.32. The summed E-state index contributed by atoms with van der Waals surface area (Å²) in [6, 6.07) is 8.14. The van der Waals surface area contributed by atoms with Gasteiger partial charge >= 0.3 is 5.97 Å². The number of carbonyl (C=O) groups is 3. The predicted octanol–water partition coefficient (Wildman–Crippen LogP) is 2.77. The first-order valence-electron chi connectivity index (χ1n) is 8.32. The van der Waals surface area contributed by atoms with E-state index >= 15 is 0 Å². The van der Waals surface area contributed by atoms with Gasteiger partial charge in [0, 0.05) is 30.9 Å². The molecule has 0 N–H and O–H groups in total. The lowest BCUT2D eigenvalue weighted by atomic mass is 9.99. The molecule has 1 heterocycles. The van der Waals surface area contributed by atoms with Gasteiger partial charge in [0.25, 0.3) is 5.91 Å². The standard InChI is InChI=1S/C20H24N2O4/c1-12-16(13(2)21(4)17(12)20(25)26-6)18(23)14(3)22(5)19(24)15-10-8-7-9-11-15/h7-11,14H,1-6H3. The molecule has 2 aromatic rings. The molecule has 0 aliphatic carbocycles. The molecule has 1 aromatic heterocycles. The third kappa shape index (κ3) is 3.27. The van der Waals surface area contributed by atoms with Gasteiger partial charge in [0.1, 0.15) is 5.69 Å². The van der Waals surface area contributed by atoms with Crippen molar-refractivity contribution in [3.63, 3.8) is 0 Å². The largest absolute Gasteiger partial charge is 0.464 e. The average molecular weight is 356 g/mol. The maximum atomic E-state index is 13.1. The number of methoxy groups -OCH3 is 1. The lowest BCUT2D eigenvalue weighted by Gasteiger charge is -2.24. The summed E-state index contributed by atoms with van der Waals surface area (Å²) in [5, 5.41) is 0. The summed E-state index contributed by atoms with van der Waals surface area (Å²) in [6.07, 6.45) is 0. The molecule has 6 nitrogen and oxygen atoms in total. The molecule has 0 saturated heterocycles. The summed E-state index contributed by atoms with van der Waals surface area (Å²) < 4.78 is 6.47. The maximum absolute atomic E-state index is 13.1. The van der Waals surface area contributed by atoms with Crippen molar-refractivity contribution in [3.8, 4) is 0 Å². The Balaban J connectivity index is 2.37. The zero-order valence-corrected chi connectivity index (χ0v) is 16.0. The summed E-state index contributed by atoms with van der Waals surface area (Å²) >= 11 is 0. The normalized spacial score (nSPS) is 11.8. The Morgan fingerprint density at radius 1 is 1.12 bits per heavy atom. The number of aromatic nitrogens is 1. The van der Waals surface area contributed by atoms with Crippen molar-refractivity contribution >= 4 is 17.7 Å². The summed E-state index contributed by atoms with van der Waals surface area (Å²) in [5.41, 5.74) is 2.55. The molecule has 0 saturated carbocycles. The van der Waals surface area contributed by atoms with Crippen molar-refractivity contribution in [2.45, 2.75) is 26.8 Å². The first-order chi connectivity index (χ1) is 12.2. The van der Waals surface area contributed by atoms with Crippen molar-refractivity contribution < 1.29 is 19.1 Å². The van der Waals surface area contributed by atoms with Crippen LogP contribution in [0, 0.1) is 13.8 Å². The molecule has 0 aliphatic heterocycles. The van der Waals surface area contributed by atoms with Gasteiger partial charge in [-0.1, -0.05) is 18.2 Å². The van der Waals surface area contributed by atoms with Gasteiger partial charge in [-0.05, 0) is 38.5 Å². The zero-order chi connectivity index (χ0) is 19.6. The van der Waals surface area contributed by atoms with E-state index in [1.54, 1.807) is 63.7 Å². The molecule has 2 rings (SSSR count). The highest BCUT2D eigenvalue weighted by Gasteiger charge is 2.31. The lowest BCUT2D eigenvalue weighted by molar-refractivity contribution is 0.0588. The van der Waals surface area contributed by atoms with Gasteiger partial charge in [-0.2, -0.15) is 0 Å². The molecule has 0 radical (unpaired) electrons. The summed E-state index contributed by atoms with van der Waals surface area (Å²) in [4.78, 5) is 39.1. The first kappa shape index (κ1) is 19.4. The fraction of sp³-hybridized carbons (Fsp3) is 0.350. The fourth-order valence-electron chi connectivity index (χ4n) is 3.07. The molecular weight excluding hydrogens is 332 g/mol. The number of ketones is 1. The van der Waals surface area contributed by atoms with Crippen LogP contribution in [0.2, 0.25) is 0 Å². The molecular formula is C20H24N2O4. The second kappa shape index (κ2) is 7.56. The van der Waals surface area contributed by atoms with Crippen LogP contribution in [0.15, 0.2) is 30.3 Å². The van der Waals surface area contributed by atoms with Crippen LogP contribution in [-0.4, -0.2) is 47.3 Å². The van der Waals surface area contributed by atoms with Gasteiger partial charge in [-0.25, -0.2) is 4.79 Å². The Labute approximate surface area is 153 Å². The van der Waals surface area contributed by atoms with Gasteiger partial charge in [0.2, 0.25) is 0 Å². The Bertz CT molecular complexity index is 852. The number of amides is 1. The molecule has 1 amide bonds. The third-order valence-electron chi connectivity index (χ3n) is 4.86. The van der Waals surface area contributed by atoms with E-state index in [9.17, 15) is 14.4 Å². The monoisotopic (exact) mass is 356 g/mol. The lowest BCUT2D eigenvalue weighted by Crippen LogP contribution is -2.40. The van der Waals surface area contributed by atoms with Crippen LogP contribution in [0.5, 0.6) is 0 Å². The number of benzene rings is 1. The molecule has 26 heavy (non-hydrogen) atoms. The zero-order valence-electron chi connectivity index (χ0n) is 16.0. The molecule has 1 aromatic carbocycles. The van der Waals surface area contributed by atoms with E-state index in [0.29, 0.717) is 28.1 Å². The SMILES string of the molecule is COC(=O)c1c(C)c(C(=O)C(C)N(C)C(=O)c2ccccc2)c(C)n1C. The number of carbonyl (C=O) groups excluding carboxylic acids is 3. The summed E-state index contributed by atoms with van der Waals surface area (Å²) in [5.74, 6) is -0.933. The number of ether oxygens (including phenoxy) is 1. The third-order valence-corrected chi connectivity index (χ3v) is 4.86. The van der Waals surface area contributed by atoms with Crippen LogP contribution in [0.3, 0.4) is 0 Å². The van der Waals surface area contributed by atoms with E-state index in [2.05, 4.69) is 0 Å². The molecule has 0 spiro atoms. The number of Topliss-reactive ketones (excluding diaryl/α,β-unsaturated/α-hetero) is 1. The number of rotatable bonds is 5. The minimum absolute atomic E-state index is 0.211. The predicted molar refractivity (Wildman–Crippen MR) is 98.6 cm³/mol. The minimum Gasteiger partial charge on any atom is -0.464 e. The molecule has 6 heteroatoms. The van der Waals surface area contributed by atoms with E-state index in [-0.39, 0.29) is 11.7 Å².